The van der Waals surface area contributed by atoms with Gasteiger partial charge in [-0.1, -0.05) is 36.8 Å². The fourth-order valence-corrected chi connectivity index (χ4v) is 1.99. The summed E-state index contributed by atoms with van der Waals surface area (Å²) in [4.78, 5) is 26.7. The Hall–Kier alpha value is -1.14. The van der Waals surface area contributed by atoms with Gasteiger partial charge < -0.3 is 10.6 Å². The Morgan fingerprint density at radius 3 is 2.72 bits per heavy atom. The van der Waals surface area contributed by atoms with Crippen molar-refractivity contribution in [3.05, 3.63) is 10.5 Å². The molecule has 0 unspecified atom stereocenters. The zero-order valence-corrected chi connectivity index (χ0v) is 11.9. The quantitative estimate of drug-likeness (QED) is 0.844. The van der Waals surface area contributed by atoms with Crippen LogP contribution in [0.3, 0.4) is 0 Å². The average Bonchev–Trinajstić information content (AvgIpc) is 2.69. The van der Waals surface area contributed by atoms with Crippen molar-refractivity contribution in [1.29, 1.82) is 0 Å². The van der Waals surface area contributed by atoms with E-state index in [9.17, 15) is 9.59 Å². The van der Waals surface area contributed by atoms with Gasteiger partial charge in [-0.05, 0) is 12.3 Å². The summed E-state index contributed by atoms with van der Waals surface area (Å²) in [7, 11) is 0. The van der Waals surface area contributed by atoms with Gasteiger partial charge >= 0.3 is 0 Å². The number of carbonyl (C=O) groups is 2. The topological polar surface area (TPSA) is 71.1 Å². The third kappa shape index (κ3) is 5.97. The van der Waals surface area contributed by atoms with Crippen LogP contribution < -0.4 is 10.6 Å². The number of hydrogen-bond acceptors (Lipinski definition) is 4. The van der Waals surface area contributed by atoms with E-state index in [4.69, 9.17) is 11.6 Å². The number of amides is 2. The number of rotatable bonds is 6. The number of nitrogens with one attached hydrogen (secondary N) is 2. The van der Waals surface area contributed by atoms with Crippen molar-refractivity contribution in [1.82, 2.24) is 10.3 Å². The second kappa shape index (κ2) is 7.33. The van der Waals surface area contributed by atoms with Crippen LogP contribution in [-0.2, 0) is 9.59 Å². The lowest BCUT2D eigenvalue weighted by atomic mass is 10.1. The van der Waals surface area contributed by atoms with E-state index >= 15 is 0 Å². The Bertz CT molecular complexity index is 420. The molecule has 0 aliphatic carbocycles. The Morgan fingerprint density at radius 2 is 2.17 bits per heavy atom. The van der Waals surface area contributed by atoms with E-state index in [0.29, 0.717) is 21.8 Å². The highest BCUT2D eigenvalue weighted by Crippen LogP contribution is 2.22. The Morgan fingerprint density at radius 1 is 1.44 bits per heavy atom. The first kappa shape index (κ1) is 14.9. The lowest BCUT2D eigenvalue weighted by Gasteiger charge is -2.06. The molecule has 0 radical (unpaired) electrons. The molecule has 1 heterocycles. The van der Waals surface area contributed by atoms with Gasteiger partial charge in [0.1, 0.15) is 4.34 Å². The fraction of sp³-hybridized carbons (Fsp3) is 0.545. The highest BCUT2D eigenvalue weighted by molar-refractivity contribution is 7.19. The zero-order valence-electron chi connectivity index (χ0n) is 10.3. The van der Waals surface area contributed by atoms with Crippen LogP contribution in [0.5, 0.6) is 0 Å². The van der Waals surface area contributed by atoms with E-state index in [1.54, 1.807) is 0 Å². The average molecular weight is 290 g/mol. The van der Waals surface area contributed by atoms with Crippen LogP contribution in [-0.4, -0.2) is 23.3 Å². The van der Waals surface area contributed by atoms with Crippen LogP contribution in [0.2, 0.25) is 4.34 Å². The van der Waals surface area contributed by atoms with Crippen LogP contribution in [0.1, 0.15) is 26.7 Å². The number of aromatic nitrogens is 1. The summed E-state index contributed by atoms with van der Waals surface area (Å²) in [5.74, 6) is 0.0528. The molecule has 1 rings (SSSR count). The van der Waals surface area contributed by atoms with Gasteiger partial charge in [-0.25, -0.2) is 4.98 Å². The third-order valence-corrected chi connectivity index (χ3v) is 3.15. The highest BCUT2D eigenvalue weighted by Gasteiger charge is 2.08. The molecule has 2 amide bonds. The van der Waals surface area contributed by atoms with E-state index in [-0.39, 0.29) is 18.4 Å². The first-order valence-corrected chi connectivity index (χ1v) is 6.84. The molecule has 0 aliphatic rings. The van der Waals surface area contributed by atoms with Crippen molar-refractivity contribution >= 4 is 39.9 Å². The first-order chi connectivity index (χ1) is 8.47. The summed E-state index contributed by atoms with van der Waals surface area (Å²) in [6.07, 6.45) is 2.71. The molecule has 18 heavy (non-hydrogen) atoms. The molecule has 0 saturated heterocycles. The van der Waals surface area contributed by atoms with Gasteiger partial charge in [-0.2, -0.15) is 0 Å². The molecule has 7 heteroatoms. The van der Waals surface area contributed by atoms with Crippen LogP contribution in [0.15, 0.2) is 6.20 Å². The van der Waals surface area contributed by atoms with E-state index in [1.165, 1.54) is 17.5 Å². The van der Waals surface area contributed by atoms with Crippen LogP contribution in [0.4, 0.5) is 5.13 Å². The molecule has 2 N–H and O–H groups in total. The van der Waals surface area contributed by atoms with E-state index < -0.39 is 0 Å². The normalized spacial score (nSPS) is 10.4. The minimum Gasteiger partial charge on any atom is -0.347 e. The van der Waals surface area contributed by atoms with Crippen LogP contribution in [0.25, 0.3) is 0 Å². The largest absolute Gasteiger partial charge is 0.347 e. The van der Waals surface area contributed by atoms with Gasteiger partial charge in [0.05, 0.1) is 12.7 Å². The van der Waals surface area contributed by atoms with Gasteiger partial charge in [0, 0.05) is 6.42 Å². The lowest BCUT2D eigenvalue weighted by molar-refractivity contribution is -0.124. The fourth-order valence-electron chi connectivity index (χ4n) is 1.16. The molecule has 100 valence electrons. The zero-order chi connectivity index (χ0) is 13.5. The smallest absolute Gasteiger partial charge is 0.245 e. The van der Waals surface area contributed by atoms with Gasteiger partial charge in [0.2, 0.25) is 11.8 Å². The molecule has 0 atom stereocenters. The summed E-state index contributed by atoms with van der Waals surface area (Å²) in [6, 6.07) is 0. The summed E-state index contributed by atoms with van der Waals surface area (Å²) < 4.78 is 0.506. The Labute approximate surface area is 115 Å². The van der Waals surface area contributed by atoms with Crippen molar-refractivity contribution in [2.24, 2.45) is 5.92 Å². The Balaban J connectivity index is 2.22. The maximum atomic E-state index is 11.5. The first-order valence-electron chi connectivity index (χ1n) is 5.65. The molecule has 0 saturated carbocycles. The summed E-state index contributed by atoms with van der Waals surface area (Å²) in [6.45, 7) is 4.05. The van der Waals surface area contributed by atoms with Crippen molar-refractivity contribution in [2.45, 2.75) is 26.7 Å². The SMILES string of the molecule is CC(C)CCC(=O)NCC(=O)Nc1ncc(Cl)s1. The number of hydrogen-bond donors (Lipinski definition) is 2. The van der Waals surface area contributed by atoms with E-state index in [1.807, 2.05) is 13.8 Å². The van der Waals surface area contributed by atoms with Gasteiger partial charge in [-0.3, -0.25) is 9.59 Å². The van der Waals surface area contributed by atoms with Gasteiger partial charge in [0.15, 0.2) is 5.13 Å². The molecular weight excluding hydrogens is 274 g/mol. The van der Waals surface area contributed by atoms with Crippen LogP contribution in [0, 0.1) is 5.92 Å². The molecular formula is C11H16ClN3O2S. The van der Waals surface area contributed by atoms with Crippen molar-refractivity contribution in [3.8, 4) is 0 Å². The molecule has 0 aromatic carbocycles. The van der Waals surface area contributed by atoms with E-state index in [0.717, 1.165) is 6.42 Å². The minimum absolute atomic E-state index is 0.0475. The lowest BCUT2D eigenvalue weighted by Crippen LogP contribution is -2.32. The third-order valence-electron chi connectivity index (χ3n) is 2.12. The number of carbonyl (C=O) groups excluding carboxylic acids is 2. The summed E-state index contributed by atoms with van der Waals surface area (Å²) in [5.41, 5.74) is 0. The van der Waals surface area contributed by atoms with Gasteiger partial charge in [0.25, 0.3) is 0 Å². The monoisotopic (exact) mass is 289 g/mol. The molecule has 0 fully saturated rings. The summed E-state index contributed by atoms with van der Waals surface area (Å²) in [5, 5.41) is 5.54. The molecule has 1 aromatic heterocycles. The van der Waals surface area contributed by atoms with Crippen molar-refractivity contribution in [3.63, 3.8) is 0 Å². The summed E-state index contributed by atoms with van der Waals surface area (Å²) >= 11 is 6.85. The second-order valence-electron chi connectivity index (χ2n) is 4.23. The molecule has 5 nitrogen and oxygen atoms in total. The Kier molecular flexibility index (Phi) is 6.07. The molecule has 1 aromatic rings. The number of anilines is 1. The molecule has 0 spiro atoms. The number of halogens is 1. The second-order valence-corrected chi connectivity index (χ2v) is 5.89. The van der Waals surface area contributed by atoms with Gasteiger partial charge in [-0.15, -0.1) is 0 Å². The highest BCUT2D eigenvalue weighted by atomic mass is 35.5. The minimum atomic E-state index is -0.307. The molecule has 0 aliphatic heterocycles. The number of thiazole rings is 1. The van der Waals surface area contributed by atoms with Crippen molar-refractivity contribution in [2.75, 3.05) is 11.9 Å². The predicted molar refractivity (Wildman–Crippen MR) is 72.8 cm³/mol. The predicted octanol–water partition coefficient (Wildman–Crippen LogP) is 2.29. The maximum absolute atomic E-state index is 11.5. The standard InChI is InChI=1S/C11H16ClN3O2S/c1-7(2)3-4-9(16)13-6-10(17)15-11-14-5-8(12)18-11/h5,7H,3-4,6H2,1-2H3,(H,13,16)(H,14,15,17). The molecule has 0 bridgehead atoms. The van der Waals surface area contributed by atoms with Crippen molar-refractivity contribution < 1.29 is 9.59 Å². The maximum Gasteiger partial charge on any atom is 0.245 e. The van der Waals surface area contributed by atoms with E-state index in [2.05, 4.69) is 15.6 Å². The van der Waals surface area contributed by atoms with Crippen LogP contribution >= 0.6 is 22.9 Å². The number of nitrogens with zero attached hydrogens (tertiary/aromatic N) is 1.